The number of anilines is 1. The van der Waals surface area contributed by atoms with E-state index < -0.39 is 0 Å². The number of benzene rings is 2. The molecule has 0 radical (unpaired) electrons. The highest BCUT2D eigenvalue weighted by molar-refractivity contribution is 5.95. The molecule has 30 heavy (non-hydrogen) atoms. The first-order valence-corrected chi connectivity index (χ1v) is 11.4. The number of hydrogen-bond donors (Lipinski definition) is 1. The minimum Gasteiger partial charge on any atom is -0.337 e. The van der Waals surface area contributed by atoms with Crippen molar-refractivity contribution in [2.45, 2.75) is 57.4 Å². The molecule has 1 N–H and O–H groups in total. The van der Waals surface area contributed by atoms with Gasteiger partial charge in [-0.1, -0.05) is 42.5 Å². The Kier molecular flexibility index (Phi) is 6.14. The molecule has 4 rings (SSSR count). The Bertz CT molecular complexity index is 869. The predicted octanol–water partition coefficient (Wildman–Crippen LogP) is 4.98. The van der Waals surface area contributed by atoms with Crippen molar-refractivity contribution < 1.29 is 4.79 Å². The van der Waals surface area contributed by atoms with E-state index in [-0.39, 0.29) is 11.6 Å². The average molecular weight is 406 g/mol. The quantitative estimate of drug-likeness (QED) is 0.779. The lowest BCUT2D eigenvalue weighted by Crippen LogP contribution is -2.55. The third-order valence-corrected chi connectivity index (χ3v) is 6.91. The Labute approximate surface area is 181 Å². The molecule has 1 saturated heterocycles. The monoisotopic (exact) mass is 405 g/mol. The molecule has 2 aromatic rings. The van der Waals surface area contributed by atoms with Gasteiger partial charge in [-0.25, -0.2) is 4.79 Å². The van der Waals surface area contributed by atoms with Crippen LogP contribution in [0.25, 0.3) is 0 Å². The SMILES string of the molecule is CN1CCC(c2cccc3c2CCC(C)(C)N3C(=O)NCCc2ccccc2)CC1. The third kappa shape index (κ3) is 4.39. The van der Waals surface area contributed by atoms with E-state index in [1.54, 1.807) is 0 Å². The van der Waals surface area contributed by atoms with E-state index in [0.29, 0.717) is 12.5 Å². The summed E-state index contributed by atoms with van der Waals surface area (Å²) in [5, 5.41) is 3.18. The second-order valence-corrected chi connectivity index (χ2v) is 9.54. The summed E-state index contributed by atoms with van der Waals surface area (Å²) in [6.07, 6.45) is 5.32. The predicted molar refractivity (Wildman–Crippen MR) is 124 cm³/mol. The molecule has 4 nitrogen and oxygen atoms in total. The lowest BCUT2D eigenvalue weighted by atomic mass is 9.80. The van der Waals surface area contributed by atoms with E-state index in [1.165, 1.54) is 29.5 Å². The van der Waals surface area contributed by atoms with Crippen LogP contribution in [0.1, 0.15) is 55.7 Å². The highest BCUT2D eigenvalue weighted by atomic mass is 16.2. The summed E-state index contributed by atoms with van der Waals surface area (Å²) in [6, 6.07) is 17.0. The van der Waals surface area contributed by atoms with Crippen molar-refractivity contribution in [2.24, 2.45) is 0 Å². The fourth-order valence-corrected chi connectivity index (χ4v) is 5.07. The number of fused-ring (bicyclic) bond motifs is 1. The third-order valence-electron chi connectivity index (χ3n) is 6.91. The number of urea groups is 1. The van der Waals surface area contributed by atoms with Gasteiger partial charge in [-0.2, -0.15) is 0 Å². The van der Waals surface area contributed by atoms with Crippen LogP contribution in [-0.4, -0.2) is 43.2 Å². The summed E-state index contributed by atoms with van der Waals surface area (Å²) in [7, 11) is 2.21. The van der Waals surface area contributed by atoms with E-state index >= 15 is 0 Å². The number of carbonyl (C=O) groups excluding carboxylic acids is 1. The van der Waals surface area contributed by atoms with Gasteiger partial charge in [-0.05, 0) is 94.8 Å². The summed E-state index contributed by atoms with van der Waals surface area (Å²) in [5.74, 6) is 0.611. The maximum Gasteiger partial charge on any atom is 0.322 e. The van der Waals surface area contributed by atoms with Crippen LogP contribution in [0, 0.1) is 0 Å². The van der Waals surface area contributed by atoms with E-state index in [9.17, 15) is 4.79 Å². The average Bonchev–Trinajstić information content (AvgIpc) is 2.74. The minimum absolute atomic E-state index is 0.0254. The molecule has 2 aromatic carbocycles. The van der Waals surface area contributed by atoms with Crippen LogP contribution >= 0.6 is 0 Å². The van der Waals surface area contributed by atoms with Gasteiger partial charge in [-0.15, -0.1) is 0 Å². The molecule has 0 unspecified atom stereocenters. The summed E-state index contributed by atoms with van der Waals surface area (Å²) in [4.78, 5) is 17.7. The Morgan fingerprint density at radius 3 is 2.53 bits per heavy atom. The maximum absolute atomic E-state index is 13.3. The summed E-state index contributed by atoms with van der Waals surface area (Å²) in [6.45, 7) is 7.34. The lowest BCUT2D eigenvalue weighted by Gasteiger charge is -2.44. The van der Waals surface area contributed by atoms with Gasteiger partial charge in [0.1, 0.15) is 0 Å². The van der Waals surface area contributed by atoms with E-state index in [1.807, 2.05) is 23.1 Å². The lowest BCUT2D eigenvalue weighted by molar-refractivity contribution is 0.237. The van der Waals surface area contributed by atoms with Gasteiger partial charge in [0.25, 0.3) is 0 Å². The molecule has 2 amide bonds. The normalized spacial score (nSPS) is 19.4. The molecule has 160 valence electrons. The maximum atomic E-state index is 13.3. The first-order valence-electron chi connectivity index (χ1n) is 11.4. The Balaban J connectivity index is 1.53. The smallest absolute Gasteiger partial charge is 0.322 e. The van der Waals surface area contributed by atoms with Crippen LogP contribution in [0.3, 0.4) is 0 Å². The van der Waals surface area contributed by atoms with Crippen LogP contribution in [-0.2, 0) is 12.8 Å². The van der Waals surface area contributed by atoms with Gasteiger partial charge < -0.3 is 10.2 Å². The van der Waals surface area contributed by atoms with Crippen molar-refractivity contribution >= 4 is 11.7 Å². The molecule has 0 aromatic heterocycles. The molecule has 0 bridgehead atoms. The number of amides is 2. The molecule has 0 atom stereocenters. The van der Waals surface area contributed by atoms with Gasteiger partial charge in [0.05, 0.1) is 0 Å². The zero-order valence-corrected chi connectivity index (χ0v) is 18.7. The van der Waals surface area contributed by atoms with Crippen molar-refractivity contribution in [3.63, 3.8) is 0 Å². The van der Waals surface area contributed by atoms with E-state index in [4.69, 9.17) is 0 Å². The van der Waals surface area contributed by atoms with Crippen molar-refractivity contribution in [2.75, 3.05) is 31.6 Å². The molecule has 0 spiro atoms. The van der Waals surface area contributed by atoms with Gasteiger partial charge >= 0.3 is 6.03 Å². The minimum atomic E-state index is -0.185. The number of hydrogen-bond acceptors (Lipinski definition) is 2. The number of rotatable bonds is 4. The van der Waals surface area contributed by atoms with Crippen LogP contribution in [0.2, 0.25) is 0 Å². The summed E-state index contributed by atoms with van der Waals surface area (Å²) in [5.41, 5.74) is 5.04. The molecular formula is C26H35N3O. The van der Waals surface area contributed by atoms with Gasteiger partial charge in [0.2, 0.25) is 0 Å². The second kappa shape index (κ2) is 8.81. The summed E-state index contributed by atoms with van der Waals surface area (Å²) >= 11 is 0. The van der Waals surface area contributed by atoms with Crippen molar-refractivity contribution in [1.29, 1.82) is 0 Å². The Morgan fingerprint density at radius 1 is 1.07 bits per heavy atom. The Morgan fingerprint density at radius 2 is 1.80 bits per heavy atom. The van der Waals surface area contributed by atoms with Gasteiger partial charge in [0.15, 0.2) is 0 Å². The highest BCUT2D eigenvalue weighted by Gasteiger charge is 2.38. The number of nitrogens with one attached hydrogen (secondary N) is 1. The largest absolute Gasteiger partial charge is 0.337 e. The Hall–Kier alpha value is -2.33. The number of nitrogens with zero attached hydrogens (tertiary/aromatic N) is 2. The zero-order valence-electron chi connectivity index (χ0n) is 18.7. The van der Waals surface area contributed by atoms with E-state index in [2.05, 4.69) is 61.4 Å². The molecule has 1 fully saturated rings. The molecule has 0 aliphatic carbocycles. The molecule has 2 aliphatic heterocycles. The second-order valence-electron chi connectivity index (χ2n) is 9.54. The number of carbonyl (C=O) groups is 1. The first-order chi connectivity index (χ1) is 14.5. The number of likely N-dealkylation sites (tertiary alicyclic amines) is 1. The molecule has 4 heteroatoms. The number of piperidine rings is 1. The summed E-state index contributed by atoms with van der Waals surface area (Å²) < 4.78 is 0. The molecule has 2 heterocycles. The van der Waals surface area contributed by atoms with E-state index in [0.717, 1.165) is 38.0 Å². The van der Waals surface area contributed by atoms with Gasteiger partial charge in [-0.3, -0.25) is 4.90 Å². The van der Waals surface area contributed by atoms with Crippen molar-refractivity contribution in [1.82, 2.24) is 10.2 Å². The van der Waals surface area contributed by atoms with Crippen molar-refractivity contribution in [3.05, 3.63) is 65.2 Å². The van der Waals surface area contributed by atoms with Crippen LogP contribution in [0.15, 0.2) is 48.5 Å². The fourth-order valence-electron chi connectivity index (χ4n) is 5.07. The van der Waals surface area contributed by atoms with Gasteiger partial charge in [0, 0.05) is 17.8 Å². The van der Waals surface area contributed by atoms with Crippen LogP contribution in [0.5, 0.6) is 0 Å². The molecule has 0 saturated carbocycles. The highest BCUT2D eigenvalue weighted by Crippen LogP contribution is 2.42. The standard InChI is InChI=1S/C26H35N3O/c1-26(2)16-12-23-22(21-14-18-28(3)19-15-21)10-7-11-24(23)29(26)25(30)27-17-13-20-8-5-4-6-9-20/h4-11,21H,12-19H2,1-3H3,(H,27,30). The molecule has 2 aliphatic rings. The topological polar surface area (TPSA) is 35.6 Å². The molecular weight excluding hydrogens is 370 g/mol. The fraction of sp³-hybridized carbons (Fsp3) is 0.500. The first kappa shape index (κ1) is 20.9. The zero-order chi connectivity index (χ0) is 21.1. The van der Waals surface area contributed by atoms with Crippen molar-refractivity contribution in [3.8, 4) is 0 Å². The van der Waals surface area contributed by atoms with Crippen LogP contribution < -0.4 is 10.2 Å². The van der Waals surface area contributed by atoms with Crippen LogP contribution in [0.4, 0.5) is 10.5 Å².